The number of rotatable bonds is 5. The topological polar surface area (TPSA) is 63.7 Å². The molecule has 3 aromatic rings. The fraction of sp³-hybridized carbons (Fsp3) is 0.222. The molecule has 0 fully saturated rings. The Labute approximate surface area is 134 Å². The molecule has 1 aromatic heterocycles. The quantitative estimate of drug-likeness (QED) is 0.758. The van der Waals surface area contributed by atoms with Gasteiger partial charge in [0.15, 0.2) is 0 Å². The van der Waals surface area contributed by atoms with Gasteiger partial charge in [-0.1, -0.05) is 12.1 Å². The summed E-state index contributed by atoms with van der Waals surface area (Å²) in [4.78, 5) is 3.25. The van der Waals surface area contributed by atoms with E-state index in [2.05, 4.69) is 4.98 Å². The van der Waals surface area contributed by atoms with Gasteiger partial charge >= 0.3 is 0 Å². The van der Waals surface area contributed by atoms with E-state index in [9.17, 15) is 5.11 Å². The molecule has 0 aliphatic rings. The van der Waals surface area contributed by atoms with Crippen LogP contribution in [-0.4, -0.2) is 31.4 Å². The number of ether oxygens (including phenoxy) is 3. The number of nitrogens with one attached hydrogen (secondary N) is 1. The van der Waals surface area contributed by atoms with Crippen LogP contribution in [0.1, 0.15) is 5.69 Å². The van der Waals surface area contributed by atoms with E-state index < -0.39 is 0 Å². The second kappa shape index (κ2) is 6.22. The van der Waals surface area contributed by atoms with E-state index in [0.717, 1.165) is 33.5 Å². The fourth-order valence-electron chi connectivity index (χ4n) is 2.80. The molecule has 120 valence electrons. The summed E-state index contributed by atoms with van der Waals surface area (Å²) < 4.78 is 16.0. The molecule has 2 N–H and O–H groups in total. The van der Waals surface area contributed by atoms with E-state index in [4.69, 9.17) is 14.2 Å². The van der Waals surface area contributed by atoms with Gasteiger partial charge in [-0.25, -0.2) is 0 Å². The Morgan fingerprint density at radius 3 is 2.17 bits per heavy atom. The Morgan fingerprint density at radius 2 is 1.61 bits per heavy atom. The first-order valence-corrected chi connectivity index (χ1v) is 7.23. The van der Waals surface area contributed by atoms with Crippen molar-refractivity contribution in [2.24, 2.45) is 0 Å². The molecule has 0 atom stereocenters. The highest BCUT2D eigenvalue weighted by atomic mass is 16.5. The van der Waals surface area contributed by atoms with Crippen LogP contribution in [0.15, 0.2) is 36.4 Å². The highest BCUT2D eigenvalue weighted by Crippen LogP contribution is 2.41. The van der Waals surface area contributed by atoms with Crippen molar-refractivity contribution in [2.75, 3.05) is 21.3 Å². The first kappa shape index (κ1) is 15.2. The number of H-pyrrole nitrogens is 1. The van der Waals surface area contributed by atoms with Crippen LogP contribution in [0.2, 0.25) is 0 Å². The number of hydrogen-bond donors (Lipinski definition) is 2. The van der Waals surface area contributed by atoms with Gasteiger partial charge in [-0.15, -0.1) is 0 Å². The summed E-state index contributed by atoms with van der Waals surface area (Å²) in [5.41, 5.74) is 3.49. The maximum Gasteiger partial charge on any atom is 0.132 e. The molecule has 0 aliphatic carbocycles. The van der Waals surface area contributed by atoms with Crippen molar-refractivity contribution in [3.8, 4) is 28.4 Å². The number of hydrogen-bond acceptors (Lipinski definition) is 4. The van der Waals surface area contributed by atoms with Gasteiger partial charge in [-0.3, -0.25) is 0 Å². The highest BCUT2D eigenvalue weighted by molar-refractivity contribution is 6.02. The van der Waals surface area contributed by atoms with Gasteiger partial charge in [-0.2, -0.15) is 0 Å². The molecule has 3 rings (SSSR count). The summed E-state index contributed by atoms with van der Waals surface area (Å²) >= 11 is 0. The third-order valence-corrected chi connectivity index (χ3v) is 3.91. The molecule has 5 nitrogen and oxygen atoms in total. The van der Waals surface area contributed by atoms with Gasteiger partial charge in [0, 0.05) is 28.8 Å². The number of methoxy groups -OCH3 is 3. The maximum atomic E-state index is 9.74. The van der Waals surface area contributed by atoms with E-state index in [1.807, 2.05) is 36.4 Å². The van der Waals surface area contributed by atoms with Gasteiger partial charge in [-0.05, 0) is 17.7 Å². The average Bonchev–Trinajstić information content (AvgIpc) is 2.99. The van der Waals surface area contributed by atoms with E-state index >= 15 is 0 Å². The Hall–Kier alpha value is -2.66. The number of aromatic amines is 1. The molecule has 0 saturated heterocycles. The number of aliphatic hydroxyl groups is 1. The largest absolute Gasteiger partial charge is 0.497 e. The van der Waals surface area contributed by atoms with E-state index in [1.54, 1.807) is 21.3 Å². The normalized spacial score (nSPS) is 10.8. The smallest absolute Gasteiger partial charge is 0.132 e. The van der Waals surface area contributed by atoms with Crippen LogP contribution in [0.3, 0.4) is 0 Å². The second-order valence-electron chi connectivity index (χ2n) is 5.12. The first-order chi connectivity index (χ1) is 11.2. The van der Waals surface area contributed by atoms with Crippen molar-refractivity contribution in [2.45, 2.75) is 6.61 Å². The summed E-state index contributed by atoms with van der Waals surface area (Å²) in [6.07, 6.45) is 0. The van der Waals surface area contributed by atoms with Crippen molar-refractivity contribution in [1.29, 1.82) is 0 Å². The van der Waals surface area contributed by atoms with Gasteiger partial charge < -0.3 is 24.3 Å². The van der Waals surface area contributed by atoms with E-state index in [-0.39, 0.29) is 6.61 Å². The van der Waals surface area contributed by atoms with Crippen LogP contribution in [0, 0.1) is 0 Å². The minimum atomic E-state index is -0.0957. The molecule has 0 saturated carbocycles. The van der Waals surface area contributed by atoms with Crippen molar-refractivity contribution in [1.82, 2.24) is 4.98 Å². The zero-order valence-electron chi connectivity index (χ0n) is 13.3. The molecule has 0 unspecified atom stereocenters. The SMILES string of the molecule is COc1ccc(-c2c(CO)[nH]c3cc(OC)cc(OC)c23)cc1. The zero-order valence-corrected chi connectivity index (χ0v) is 13.3. The lowest BCUT2D eigenvalue weighted by Crippen LogP contribution is -1.90. The maximum absolute atomic E-state index is 9.74. The van der Waals surface area contributed by atoms with Crippen LogP contribution >= 0.6 is 0 Å². The van der Waals surface area contributed by atoms with Gasteiger partial charge in [0.2, 0.25) is 0 Å². The van der Waals surface area contributed by atoms with Crippen LogP contribution in [-0.2, 0) is 6.61 Å². The molecular formula is C18H19NO4. The minimum absolute atomic E-state index is 0.0957. The summed E-state index contributed by atoms with van der Waals surface area (Å²) in [6.45, 7) is -0.0957. The van der Waals surface area contributed by atoms with Gasteiger partial charge in [0.05, 0.1) is 33.5 Å². The monoisotopic (exact) mass is 313 g/mol. The molecule has 0 spiro atoms. The Kier molecular flexibility index (Phi) is 4.12. The van der Waals surface area contributed by atoms with E-state index in [1.165, 1.54) is 0 Å². The Morgan fingerprint density at radius 1 is 0.913 bits per heavy atom. The lowest BCUT2D eigenvalue weighted by molar-refractivity contribution is 0.278. The van der Waals surface area contributed by atoms with Crippen molar-refractivity contribution >= 4 is 10.9 Å². The molecule has 5 heteroatoms. The summed E-state index contributed by atoms with van der Waals surface area (Å²) in [6, 6.07) is 11.4. The van der Waals surface area contributed by atoms with Crippen LogP contribution < -0.4 is 14.2 Å². The second-order valence-corrected chi connectivity index (χ2v) is 5.12. The average molecular weight is 313 g/mol. The third kappa shape index (κ3) is 2.59. The molecule has 0 aliphatic heterocycles. The summed E-state index contributed by atoms with van der Waals surface area (Å²) in [7, 11) is 4.87. The van der Waals surface area contributed by atoms with Crippen molar-refractivity contribution in [3.05, 3.63) is 42.1 Å². The molecule has 0 bridgehead atoms. The Bertz CT molecular complexity index is 821. The van der Waals surface area contributed by atoms with Crippen LogP contribution in [0.5, 0.6) is 17.2 Å². The predicted molar refractivity (Wildman–Crippen MR) is 89.3 cm³/mol. The molecule has 0 radical (unpaired) electrons. The predicted octanol–water partition coefficient (Wildman–Crippen LogP) is 3.35. The lowest BCUT2D eigenvalue weighted by Gasteiger charge is -2.09. The number of aromatic nitrogens is 1. The standard InChI is InChI=1S/C18H19NO4/c1-21-12-6-4-11(5-7-12)17-15(10-20)19-14-8-13(22-2)9-16(23-3)18(14)17/h4-9,19-20H,10H2,1-3H3. The van der Waals surface area contributed by atoms with Crippen LogP contribution in [0.4, 0.5) is 0 Å². The third-order valence-electron chi connectivity index (χ3n) is 3.91. The van der Waals surface area contributed by atoms with Crippen molar-refractivity contribution in [3.63, 3.8) is 0 Å². The molecule has 2 aromatic carbocycles. The number of aliphatic hydroxyl groups excluding tert-OH is 1. The first-order valence-electron chi connectivity index (χ1n) is 7.23. The summed E-state index contributed by atoms with van der Waals surface area (Å²) in [5.74, 6) is 2.18. The Balaban J connectivity index is 2.28. The lowest BCUT2D eigenvalue weighted by atomic mass is 10.0. The van der Waals surface area contributed by atoms with E-state index in [0.29, 0.717) is 11.5 Å². The molecule has 1 heterocycles. The summed E-state index contributed by atoms with van der Waals surface area (Å²) in [5, 5.41) is 10.7. The highest BCUT2D eigenvalue weighted by Gasteiger charge is 2.18. The number of benzene rings is 2. The number of fused-ring (bicyclic) bond motifs is 1. The minimum Gasteiger partial charge on any atom is -0.497 e. The van der Waals surface area contributed by atoms with Gasteiger partial charge in [0.1, 0.15) is 17.2 Å². The van der Waals surface area contributed by atoms with Crippen molar-refractivity contribution < 1.29 is 19.3 Å². The molecule has 23 heavy (non-hydrogen) atoms. The molecule has 0 amide bonds. The zero-order chi connectivity index (χ0) is 16.4. The van der Waals surface area contributed by atoms with Crippen LogP contribution in [0.25, 0.3) is 22.0 Å². The fourth-order valence-corrected chi connectivity index (χ4v) is 2.80. The molecular weight excluding hydrogens is 294 g/mol. The van der Waals surface area contributed by atoms with Gasteiger partial charge in [0.25, 0.3) is 0 Å².